The van der Waals surface area contributed by atoms with Gasteiger partial charge in [0.25, 0.3) is 5.69 Å². The van der Waals surface area contributed by atoms with Gasteiger partial charge in [-0.15, -0.1) is 0 Å². The lowest BCUT2D eigenvalue weighted by molar-refractivity contribution is -0.385. The Morgan fingerprint density at radius 3 is 2.63 bits per heavy atom. The minimum Gasteiger partial charge on any atom is -0.505 e. The van der Waals surface area contributed by atoms with Gasteiger partial charge in [0, 0.05) is 6.07 Å². The van der Waals surface area contributed by atoms with Crippen molar-refractivity contribution in [3.05, 3.63) is 63.7 Å². The standard InChI is InChI=1S/C13H9FN2O3/c14-12-7-9(2-6-13(12)17)1-3-10-4-5-11(8-15-10)16(18)19/h1-8,17H. The van der Waals surface area contributed by atoms with Crippen LogP contribution in [0.4, 0.5) is 10.1 Å². The van der Waals surface area contributed by atoms with Gasteiger partial charge in [-0.1, -0.05) is 12.1 Å². The number of nitro groups is 1. The van der Waals surface area contributed by atoms with Gasteiger partial charge in [-0.05, 0) is 29.8 Å². The molecule has 2 aromatic rings. The molecule has 0 spiro atoms. The molecule has 1 N–H and O–H groups in total. The molecule has 19 heavy (non-hydrogen) atoms. The van der Waals surface area contributed by atoms with E-state index in [1.165, 1.54) is 24.3 Å². The summed E-state index contributed by atoms with van der Waals surface area (Å²) in [6.45, 7) is 0. The summed E-state index contributed by atoms with van der Waals surface area (Å²) < 4.78 is 13.1. The van der Waals surface area contributed by atoms with E-state index in [1.54, 1.807) is 18.2 Å². The van der Waals surface area contributed by atoms with Gasteiger partial charge in [-0.3, -0.25) is 10.1 Å². The van der Waals surface area contributed by atoms with E-state index in [9.17, 15) is 14.5 Å². The first-order chi connectivity index (χ1) is 9.06. The summed E-state index contributed by atoms with van der Waals surface area (Å²) in [6, 6.07) is 6.80. The molecule has 1 aromatic heterocycles. The molecule has 0 saturated heterocycles. The smallest absolute Gasteiger partial charge is 0.287 e. The third-order valence-corrected chi connectivity index (χ3v) is 2.40. The minimum atomic E-state index is -0.709. The predicted molar refractivity (Wildman–Crippen MR) is 67.9 cm³/mol. The van der Waals surface area contributed by atoms with Gasteiger partial charge in [-0.25, -0.2) is 9.37 Å². The Bertz CT molecular complexity index is 639. The lowest BCUT2D eigenvalue weighted by Crippen LogP contribution is -1.89. The fraction of sp³-hybridized carbons (Fsp3) is 0. The maximum atomic E-state index is 13.1. The van der Waals surface area contributed by atoms with Gasteiger partial charge in [-0.2, -0.15) is 0 Å². The van der Waals surface area contributed by atoms with Crippen molar-refractivity contribution < 1.29 is 14.4 Å². The van der Waals surface area contributed by atoms with Crippen molar-refractivity contribution in [1.29, 1.82) is 0 Å². The molecule has 6 heteroatoms. The highest BCUT2D eigenvalue weighted by Crippen LogP contribution is 2.18. The second kappa shape index (κ2) is 5.26. The van der Waals surface area contributed by atoms with Crippen molar-refractivity contribution in [2.24, 2.45) is 0 Å². The second-order valence-corrected chi connectivity index (χ2v) is 3.74. The first kappa shape index (κ1) is 12.7. The molecule has 96 valence electrons. The summed E-state index contributed by atoms with van der Waals surface area (Å²) in [6.07, 6.45) is 4.34. The molecule has 0 saturated carbocycles. The fourth-order valence-corrected chi connectivity index (χ4v) is 1.41. The number of phenolic OH excluding ortho intramolecular Hbond substituents is 1. The lowest BCUT2D eigenvalue weighted by atomic mass is 10.2. The van der Waals surface area contributed by atoms with Gasteiger partial charge in [0.15, 0.2) is 11.6 Å². The van der Waals surface area contributed by atoms with Gasteiger partial charge in [0.2, 0.25) is 0 Å². The van der Waals surface area contributed by atoms with E-state index in [-0.39, 0.29) is 5.69 Å². The van der Waals surface area contributed by atoms with Crippen molar-refractivity contribution in [1.82, 2.24) is 4.98 Å². The Morgan fingerprint density at radius 2 is 2.05 bits per heavy atom. The number of nitrogens with zero attached hydrogens (tertiary/aromatic N) is 2. The molecular formula is C13H9FN2O3. The molecule has 0 fully saturated rings. The van der Waals surface area contributed by atoms with Crippen LogP contribution >= 0.6 is 0 Å². The van der Waals surface area contributed by atoms with Gasteiger partial charge in [0.1, 0.15) is 6.20 Å². The normalized spacial score (nSPS) is 10.8. The zero-order valence-corrected chi connectivity index (χ0v) is 9.65. The quantitative estimate of drug-likeness (QED) is 0.679. The van der Waals surface area contributed by atoms with Crippen molar-refractivity contribution in [2.75, 3.05) is 0 Å². The molecule has 1 heterocycles. The van der Waals surface area contributed by atoms with E-state index in [4.69, 9.17) is 5.11 Å². The van der Waals surface area contributed by atoms with Crippen LogP contribution in [0.5, 0.6) is 5.75 Å². The molecule has 2 rings (SSSR count). The Balaban J connectivity index is 2.17. The summed E-state index contributed by atoms with van der Waals surface area (Å²) in [5.41, 5.74) is 0.974. The topological polar surface area (TPSA) is 76.3 Å². The summed E-state index contributed by atoms with van der Waals surface area (Å²) in [5, 5.41) is 19.5. The highest BCUT2D eigenvalue weighted by atomic mass is 19.1. The number of aromatic nitrogens is 1. The summed E-state index contributed by atoms with van der Waals surface area (Å²) in [4.78, 5) is 13.8. The monoisotopic (exact) mass is 260 g/mol. The average Bonchev–Trinajstić information content (AvgIpc) is 2.40. The number of halogens is 1. The third kappa shape index (κ3) is 3.12. The van der Waals surface area contributed by atoms with Crippen LogP contribution in [0.25, 0.3) is 12.2 Å². The second-order valence-electron chi connectivity index (χ2n) is 3.74. The Labute approximate surface area is 107 Å². The molecule has 0 bridgehead atoms. The van der Waals surface area contributed by atoms with Crippen LogP contribution in [0.15, 0.2) is 36.5 Å². The highest BCUT2D eigenvalue weighted by Gasteiger charge is 2.03. The summed E-state index contributed by atoms with van der Waals surface area (Å²) >= 11 is 0. The number of pyridine rings is 1. The number of aromatic hydroxyl groups is 1. The predicted octanol–water partition coefficient (Wildman–Crippen LogP) is 3.00. The van der Waals surface area contributed by atoms with E-state index < -0.39 is 16.5 Å². The Morgan fingerprint density at radius 1 is 1.26 bits per heavy atom. The first-order valence-electron chi connectivity index (χ1n) is 5.33. The fourth-order valence-electron chi connectivity index (χ4n) is 1.41. The number of rotatable bonds is 3. The number of benzene rings is 1. The van der Waals surface area contributed by atoms with Crippen LogP contribution in [-0.4, -0.2) is 15.0 Å². The van der Waals surface area contributed by atoms with E-state index >= 15 is 0 Å². The molecule has 0 aliphatic heterocycles. The number of phenols is 1. The van der Waals surface area contributed by atoms with Gasteiger partial charge < -0.3 is 5.11 Å². The van der Waals surface area contributed by atoms with E-state index in [1.807, 2.05) is 0 Å². The Kier molecular flexibility index (Phi) is 3.51. The number of hydrogen-bond donors (Lipinski definition) is 1. The van der Waals surface area contributed by atoms with Gasteiger partial charge in [0.05, 0.1) is 10.6 Å². The van der Waals surface area contributed by atoms with Crippen molar-refractivity contribution >= 4 is 17.8 Å². The van der Waals surface area contributed by atoms with E-state index in [0.717, 1.165) is 6.20 Å². The van der Waals surface area contributed by atoms with E-state index in [2.05, 4.69) is 4.98 Å². The lowest BCUT2D eigenvalue weighted by Gasteiger charge is -1.97. The Hall–Kier alpha value is -2.76. The maximum absolute atomic E-state index is 13.1. The first-order valence-corrected chi connectivity index (χ1v) is 5.33. The van der Waals surface area contributed by atoms with E-state index in [0.29, 0.717) is 11.3 Å². The van der Waals surface area contributed by atoms with Gasteiger partial charge >= 0.3 is 0 Å². The molecule has 0 aliphatic rings. The molecule has 0 unspecified atom stereocenters. The zero-order valence-electron chi connectivity index (χ0n) is 9.65. The van der Waals surface area contributed by atoms with Crippen molar-refractivity contribution in [2.45, 2.75) is 0 Å². The molecule has 1 aromatic carbocycles. The van der Waals surface area contributed by atoms with Crippen LogP contribution in [0, 0.1) is 15.9 Å². The molecule has 0 aliphatic carbocycles. The number of hydrogen-bond acceptors (Lipinski definition) is 4. The summed E-state index contributed by atoms with van der Waals surface area (Å²) in [5.74, 6) is -1.12. The zero-order chi connectivity index (χ0) is 13.8. The maximum Gasteiger partial charge on any atom is 0.287 e. The SMILES string of the molecule is O=[N+]([O-])c1ccc(C=Cc2ccc(O)c(F)c2)nc1. The molecule has 0 radical (unpaired) electrons. The van der Waals surface area contributed by atoms with Crippen LogP contribution in [0.1, 0.15) is 11.3 Å². The molecular weight excluding hydrogens is 251 g/mol. The van der Waals surface area contributed by atoms with Crippen LogP contribution in [0.2, 0.25) is 0 Å². The molecule has 0 atom stereocenters. The molecule has 0 amide bonds. The van der Waals surface area contributed by atoms with Crippen LogP contribution in [0.3, 0.4) is 0 Å². The van der Waals surface area contributed by atoms with Crippen molar-refractivity contribution in [3.63, 3.8) is 0 Å². The highest BCUT2D eigenvalue weighted by molar-refractivity contribution is 5.68. The minimum absolute atomic E-state index is 0.0900. The largest absolute Gasteiger partial charge is 0.505 e. The molecule has 5 nitrogen and oxygen atoms in total. The van der Waals surface area contributed by atoms with Crippen molar-refractivity contribution in [3.8, 4) is 5.75 Å². The van der Waals surface area contributed by atoms with Crippen LogP contribution in [-0.2, 0) is 0 Å². The summed E-state index contributed by atoms with van der Waals surface area (Å²) in [7, 11) is 0. The third-order valence-electron chi connectivity index (χ3n) is 2.40. The van der Waals surface area contributed by atoms with Crippen LogP contribution < -0.4 is 0 Å². The average molecular weight is 260 g/mol.